The van der Waals surface area contributed by atoms with Crippen molar-refractivity contribution in [3.05, 3.63) is 82.9 Å². The molecule has 1 saturated heterocycles. The number of ether oxygens (including phenoxy) is 1. The molecule has 32 heavy (non-hydrogen) atoms. The van der Waals surface area contributed by atoms with Gasteiger partial charge in [0, 0.05) is 28.4 Å². The molecule has 3 aliphatic rings. The quantitative estimate of drug-likeness (QED) is 0.280. The number of cyclic esters (lactones) is 2. The van der Waals surface area contributed by atoms with Gasteiger partial charge in [-0.25, -0.2) is 0 Å². The van der Waals surface area contributed by atoms with Gasteiger partial charge in [-0.2, -0.15) is 26.3 Å². The summed E-state index contributed by atoms with van der Waals surface area (Å²) in [7, 11) is 0. The van der Waals surface area contributed by atoms with Crippen LogP contribution in [0.3, 0.4) is 0 Å². The highest BCUT2D eigenvalue weighted by molar-refractivity contribution is 5.99. The molecule has 1 heterocycles. The molecule has 0 aromatic heterocycles. The first-order valence-electron chi connectivity index (χ1n) is 9.75. The number of carbonyl (C=O) groups is 2. The molecule has 2 aromatic carbocycles. The molecule has 9 heteroatoms. The molecular weight excluding hydrogens is 438 g/mol. The molecule has 3 nitrogen and oxygen atoms in total. The van der Waals surface area contributed by atoms with E-state index in [1.165, 1.54) is 48.5 Å². The Hall–Kier alpha value is -3.10. The number of fused-ring (bicyclic) bond motifs is 5. The van der Waals surface area contributed by atoms with Gasteiger partial charge >= 0.3 is 24.3 Å². The molecule has 4 atom stereocenters. The molecular formula is C23H14F6O3. The van der Waals surface area contributed by atoms with Crippen LogP contribution in [-0.4, -0.2) is 24.3 Å². The maximum atomic E-state index is 14.3. The van der Waals surface area contributed by atoms with Crippen molar-refractivity contribution in [2.75, 3.05) is 0 Å². The lowest BCUT2D eigenvalue weighted by atomic mass is 9.63. The average molecular weight is 452 g/mol. The van der Waals surface area contributed by atoms with E-state index in [-0.39, 0.29) is 11.1 Å². The van der Waals surface area contributed by atoms with Crippen LogP contribution in [-0.2, 0) is 19.7 Å². The summed E-state index contributed by atoms with van der Waals surface area (Å²) < 4.78 is 90.1. The maximum Gasteiger partial charge on any atom is 0.413 e. The predicted octanol–water partition coefficient (Wildman–Crippen LogP) is 4.97. The van der Waals surface area contributed by atoms with E-state index in [9.17, 15) is 35.9 Å². The molecule has 4 unspecified atom stereocenters. The highest BCUT2D eigenvalue weighted by Crippen LogP contribution is 2.73. The maximum absolute atomic E-state index is 14.3. The Morgan fingerprint density at radius 2 is 0.969 bits per heavy atom. The molecule has 2 aromatic rings. The van der Waals surface area contributed by atoms with E-state index >= 15 is 0 Å². The first-order chi connectivity index (χ1) is 15.0. The molecule has 1 aliphatic heterocycles. The molecule has 5 rings (SSSR count). The van der Waals surface area contributed by atoms with Gasteiger partial charge in [0.25, 0.3) is 0 Å². The molecule has 2 aliphatic carbocycles. The molecule has 166 valence electrons. The summed E-state index contributed by atoms with van der Waals surface area (Å²) in [5.41, 5.74) is -5.15. The van der Waals surface area contributed by atoms with Gasteiger partial charge in [-0.05, 0) is 11.1 Å². The number of benzene rings is 2. The molecule has 0 spiro atoms. The number of esters is 2. The lowest BCUT2D eigenvalue weighted by Crippen LogP contribution is -2.40. The van der Waals surface area contributed by atoms with Gasteiger partial charge in [0.05, 0.1) is 11.8 Å². The molecule has 0 amide bonds. The van der Waals surface area contributed by atoms with Crippen LogP contribution < -0.4 is 0 Å². The van der Waals surface area contributed by atoms with Crippen molar-refractivity contribution in [3.63, 3.8) is 0 Å². The zero-order valence-electron chi connectivity index (χ0n) is 16.1. The highest BCUT2D eigenvalue weighted by Gasteiger charge is 2.79. The van der Waals surface area contributed by atoms with Crippen molar-refractivity contribution in [2.24, 2.45) is 23.7 Å². The zero-order chi connectivity index (χ0) is 23.1. The second-order valence-corrected chi connectivity index (χ2v) is 8.17. The Balaban J connectivity index is 1.94. The Kier molecular flexibility index (Phi) is 4.20. The first-order valence-corrected chi connectivity index (χ1v) is 9.75. The summed E-state index contributed by atoms with van der Waals surface area (Å²) in [4.78, 5) is 25.0. The third kappa shape index (κ3) is 2.50. The van der Waals surface area contributed by atoms with Gasteiger partial charge < -0.3 is 4.74 Å². The van der Waals surface area contributed by atoms with Crippen LogP contribution in [0.5, 0.6) is 0 Å². The fourth-order valence-electron chi connectivity index (χ4n) is 6.10. The minimum Gasteiger partial charge on any atom is -0.393 e. The summed E-state index contributed by atoms with van der Waals surface area (Å²) >= 11 is 0. The van der Waals surface area contributed by atoms with Gasteiger partial charge in [0.15, 0.2) is 0 Å². The van der Waals surface area contributed by atoms with Crippen LogP contribution >= 0.6 is 0 Å². The Morgan fingerprint density at radius 1 is 0.625 bits per heavy atom. The molecule has 2 bridgehead atoms. The van der Waals surface area contributed by atoms with E-state index in [2.05, 4.69) is 4.74 Å². The van der Waals surface area contributed by atoms with E-state index in [0.29, 0.717) is 0 Å². The van der Waals surface area contributed by atoms with E-state index in [1.807, 2.05) is 0 Å². The molecule has 2 fully saturated rings. The molecule has 1 saturated carbocycles. The van der Waals surface area contributed by atoms with Gasteiger partial charge in [0.1, 0.15) is 0 Å². The fraction of sp³-hybridized carbons (Fsp3) is 0.304. The van der Waals surface area contributed by atoms with Crippen molar-refractivity contribution in [3.8, 4) is 0 Å². The fourth-order valence-corrected chi connectivity index (χ4v) is 6.10. The van der Waals surface area contributed by atoms with Crippen LogP contribution in [0.2, 0.25) is 0 Å². The van der Waals surface area contributed by atoms with E-state index in [4.69, 9.17) is 0 Å². The number of carbonyl (C=O) groups excluding carboxylic acids is 2. The van der Waals surface area contributed by atoms with E-state index in [0.717, 1.165) is 0 Å². The normalized spacial score (nSPS) is 28.8. The minimum absolute atomic E-state index is 0.178. The lowest BCUT2D eigenvalue weighted by molar-refractivity contribution is -0.155. The monoisotopic (exact) mass is 452 g/mol. The SMILES string of the molecule is O=C1OC(=O)C2C1C1C(C(F)(F)F)=C(C(F)(F)F)C2C1(c1ccccc1)c1ccccc1. The Bertz CT molecular complexity index is 1040. The zero-order valence-corrected chi connectivity index (χ0v) is 16.1. The topological polar surface area (TPSA) is 43.4 Å². The Morgan fingerprint density at radius 3 is 1.28 bits per heavy atom. The summed E-state index contributed by atoms with van der Waals surface area (Å²) in [5, 5.41) is 0. The van der Waals surface area contributed by atoms with Crippen molar-refractivity contribution >= 4 is 11.9 Å². The lowest BCUT2D eigenvalue weighted by Gasteiger charge is -2.39. The third-order valence-corrected chi connectivity index (χ3v) is 6.86. The van der Waals surface area contributed by atoms with Crippen molar-refractivity contribution < 1.29 is 40.7 Å². The van der Waals surface area contributed by atoms with Gasteiger partial charge in [-0.15, -0.1) is 0 Å². The van der Waals surface area contributed by atoms with Crippen LogP contribution in [0, 0.1) is 23.7 Å². The first kappa shape index (κ1) is 20.8. The molecule has 0 N–H and O–H groups in total. The number of halogens is 6. The smallest absolute Gasteiger partial charge is 0.393 e. The number of allylic oxidation sites excluding steroid dienone is 2. The van der Waals surface area contributed by atoms with Crippen LogP contribution in [0.4, 0.5) is 26.3 Å². The number of hydrogen-bond donors (Lipinski definition) is 0. The number of alkyl halides is 6. The average Bonchev–Trinajstić information content (AvgIpc) is 3.32. The van der Waals surface area contributed by atoms with Crippen LogP contribution in [0.25, 0.3) is 0 Å². The van der Waals surface area contributed by atoms with Gasteiger partial charge in [0.2, 0.25) is 0 Å². The van der Waals surface area contributed by atoms with Gasteiger partial charge in [-0.1, -0.05) is 60.7 Å². The number of rotatable bonds is 2. The van der Waals surface area contributed by atoms with Crippen molar-refractivity contribution in [1.82, 2.24) is 0 Å². The molecule has 0 radical (unpaired) electrons. The van der Waals surface area contributed by atoms with E-state index < -0.39 is 64.5 Å². The summed E-state index contributed by atoms with van der Waals surface area (Å²) in [6.07, 6.45) is -10.7. The summed E-state index contributed by atoms with van der Waals surface area (Å²) in [6, 6.07) is 15.0. The predicted molar refractivity (Wildman–Crippen MR) is 97.9 cm³/mol. The largest absolute Gasteiger partial charge is 0.413 e. The second kappa shape index (κ2) is 6.46. The minimum atomic E-state index is -5.37. The van der Waals surface area contributed by atoms with Gasteiger partial charge in [-0.3, -0.25) is 9.59 Å². The summed E-state index contributed by atoms with van der Waals surface area (Å²) in [6.45, 7) is 0. The van der Waals surface area contributed by atoms with E-state index in [1.54, 1.807) is 12.1 Å². The standard InChI is InChI=1S/C23H14F6O3/c24-22(25,26)17-15-13-14(20(31)32-19(13)30)16(18(17)23(27,28)29)21(15,11-7-3-1-4-8-11)12-9-5-2-6-10-12/h1-10,13-16H. The van der Waals surface area contributed by atoms with Crippen LogP contribution in [0.1, 0.15) is 11.1 Å². The number of hydrogen-bond acceptors (Lipinski definition) is 3. The van der Waals surface area contributed by atoms with Crippen molar-refractivity contribution in [2.45, 2.75) is 17.8 Å². The highest BCUT2D eigenvalue weighted by atomic mass is 19.4. The Labute approximate surface area is 177 Å². The third-order valence-electron chi connectivity index (χ3n) is 6.86. The van der Waals surface area contributed by atoms with Crippen LogP contribution in [0.15, 0.2) is 71.8 Å². The summed E-state index contributed by atoms with van der Waals surface area (Å²) in [5.74, 6) is -9.67. The van der Waals surface area contributed by atoms with Crippen molar-refractivity contribution in [1.29, 1.82) is 0 Å². The second-order valence-electron chi connectivity index (χ2n) is 8.17.